The maximum atomic E-state index is 12.5. The fourth-order valence-electron chi connectivity index (χ4n) is 3.58. The summed E-state index contributed by atoms with van der Waals surface area (Å²) in [6.07, 6.45) is 3.19. The lowest BCUT2D eigenvalue weighted by molar-refractivity contribution is -0.115. The minimum absolute atomic E-state index is 0.106. The number of hydrogen-bond acceptors (Lipinski definition) is 6. The van der Waals surface area contributed by atoms with Crippen molar-refractivity contribution >= 4 is 51.0 Å². The van der Waals surface area contributed by atoms with E-state index in [-0.39, 0.29) is 11.9 Å². The molecule has 2 N–H and O–H groups in total. The number of fused-ring (bicyclic) bond motifs is 2. The van der Waals surface area contributed by atoms with Crippen LogP contribution in [0.15, 0.2) is 29.4 Å². The second kappa shape index (κ2) is 8.59. The molecule has 0 fully saturated rings. The third-order valence-corrected chi connectivity index (χ3v) is 7.13. The summed E-state index contributed by atoms with van der Waals surface area (Å²) in [5.41, 5.74) is 3.49. The van der Waals surface area contributed by atoms with Crippen LogP contribution in [0, 0.1) is 5.92 Å². The topological polar surface area (TPSA) is 84.1 Å². The standard InChI is InChI=1S/C21H23N3O3S2/c1-12-7-8-13-16(11-12)29-19(18(13)20(26)27-2)24-17(25)9-10-28-21-22-14-5-3-4-6-15(14)23-21/h3-6,12H,7-11H2,1-2H3,(H,22,23)(H,24,25). The van der Waals surface area contributed by atoms with E-state index < -0.39 is 0 Å². The number of rotatable bonds is 6. The molecule has 2 heterocycles. The van der Waals surface area contributed by atoms with Crippen LogP contribution >= 0.6 is 23.1 Å². The minimum atomic E-state index is -0.371. The van der Waals surface area contributed by atoms with E-state index in [4.69, 9.17) is 4.74 Å². The minimum Gasteiger partial charge on any atom is -0.465 e. The van der Waals surface area contributed by atoms with Crippen molar-refractivity contribution in [2.24, 2.45) is 5.92 Å². The van der Waals surface area contributed by atoms with E-state index in [2.05, 4.69) is 22.2 Å². The van der Waals surface area contributed by atoms with E-state index in [1.54, 1.807) is 0 Å². The first kappa shape index (κ1) is 20.0. The summed E-state index contributed by atoms with van der Waals surface area (Å²) in [6.45, 7) is 2.22. The second-order valence-electron chi connectivity index (χ2n) is 7.25. The highest BCUT2D eigenvalue weighted by Crippen LogP contribution is 2.40. The van der Waals surface area contributed by atoms with Crippen LogP contribution in [-0.4, -0.2) is 34.7 Å². The van der Waals surface area contributed by atoms with E-state index in [1.807, 2.05) is 24.3 Å². The van der Waals surface area contributed by atoms with Gasteiger partial charge in [-0.15, -0.1) is 11.3 Å². The van der Waals surface area contributed by atoms with Crippen molar-refractivity contribution in [3.05, 3.63) is 40.3 Å². The predicted octanol–water partition coefficient (Wildman–Crippen LogP) is 4.66. The first-order chi connectivity index (χ1) is 14.0. The van der Waals surface area contributed by atoms with Crippen LogP contribution in [0.1, 0.15) is 40.6 Å². The number of aromatic amines is 1. The number of carbonyl (C=O) groups excluding carboxylic acids is 2. The zero-order valence-corrected chi connectivity index (χ0v) is 18.0. The highest BCUT2D eigenvalue weighted by molar-refractivity contribution is 7.99. The number of para-hydroxylation sites is 2. The highest BCUT2D eigenvalue weighted by atomic mass is 32.2. The molecule has 0 saturated carbocycles. The Kier molecular flexibility index (Phi) is 5.91. The Balaban J connectivity index is 1.40. The molecule has 0 saturated heterocycles. The normalized spacial score (nSPS) is 15.9. The lowest BCUT2D eigenvalue weighted by Crippen LogP contribution is -2.16. The van der Waals surface area contributed by atoms with Gasteiger partial charge in [0.25, 0.3) is 0 Å². The number of H-pyrrole nitrogens is 1. The van der Waals surface area contributed by atoms with Crippen molar-refractivity contribution in [3.8, 4) is 0 Å². The molecule has 4 rings (SSSR count). The van der Waals surface area contributed by atoms with Gasteiger partial charge < -0.3 is 15.0 Å². The molecule has 0 radical (unpaired) electrons. The van der Waals surface area contributed by atoms with Gasteiger partial charge in [-0.3, -0.25) is 4.79 Å². The predicted molar refractivity (Wildman–Crippen MR) is 117 cm³/mol. The average molecular weight is 430 g/mol. The molecule has 1 aromatic carbocycles. The number of nitrogens with zero attached hydrogens (tertiary/aromatic N) is 1. The molecule has 1 aliphatic rings. The quantitative estimate of drug-likeness (QED) is 0.440. The fraction of sp³-hybridized carbons (Fsp3) is 0.381. The molecular formula is C21H23N3O3S2. The maximum Gasteiger partial charge on any atom is 0.341 e. The van der Waals surface area contributed by atoms with Crippen LogP contribution in [0.2, 0.25) is 0 Å². The third-order valence-electron chi connectivity index (χ3n) is 5.09. The molecule has 0 bridgehead atoms. The van der Waals surface area contributed by atoms with Crippen LogP contribution in [-0.2, 0) is 22.4 Å². The maximum absolute atomic E-state index is 12.5. The summed E-state index contributed by atoms with van der Waals surface area (Å²) in [7, 11) is 1.38. The van der Waals surface area contributed by atoms with Crippen LogP contribution in [0.25, 0.3) is 11.0 Å². The van der Waals surface area contributed by atoms with E-state index in [1.165, 1.54) is 35.1 Å². The number of aromatic nitrogens is 2. The van der Waals surface area contributed by atoms with Gasteiger partial charge in [0, 0.05) is 17.1 Å². The van der Waals surface area contributed by atoms with Crippen LogP contribution in [0.5, 0.6) is 0 Å². The van der Waals surface area contributed by atoms with Gasteiger partial charge in [-0.25, -0.2) is 9.78 Å². The number of benzene rings is 1. The number of ether oxygens (including phenoxy) is 1. The van der Waals surface area contributed by atoms with Crippen molar-refractivity contribution in [1.29, 1.82) is 0 Å². The molecule has 1 amide bonds. The first-order valence-corrected chi connectivity index (χ1v) is 11.5. The largest absolute Gasteiger partial charge is 0.465 e. The summed E-state index contributed by atoms with van der Waals surface area (Å²) in [5, 5.41) is 4.37. The average Bonchev–Trinajstić information content (AvgIpc) is 3.27. The molecule has 8 heteroatoms. The van der Waals surface area contributed by atoms with E-state index in [0.29, 0.717) is 28.7 Å². The van der Waals surface area contributed by atoms with E-state index in [9.17, 15) is 9.59 Å². The van der Waals surface area contributed by atoms with Crippen LogP contribution in [0.4, 0.5) is 5.00 Å². The lowest BCUT2D eigenvalue weighted by Gasteiger charge is -2.18. The smallest absolute Gasteiger partial charge is 0.341 e. The Bertz CT molecular complexity index is 1020. The van der Waals surface area contributed by atoms with Gasteiger partial charge in [0.1, 0.15) is 5.00 Å². The van der Waals surface area contributed by atoms with Crippen molar-refractivity contribution < 1.29 is 14.3 Å². The summed E-state index contributed by atoms with van der Waals surface area (Å²) in [4.78, 5) is 33.8. The van der Waals surface area contributed by atoms with Crippen LogP contribution in [0.3, 0.4) is 0 Å². The molecule has 3 aromatic rings. The van der Waals surface area contributed by atoms with Crippen molar-refractivity contribution in [1.82, 2.24) is 9.97 Å². The zero-order chi connectivity index (χ0) is 20.4. The molecule has 0 spiro atoms. The lowest BCUT2D eigenvalue weighted by atomic mass is 9.88. The van der Waals surface area contributed by atoms with Crippen molar-refractivity contribution in [3.63, 3.8) is 0 Å². The second-order valence-corrected chi connectivity index (χ2v) is 9.44. The van der Waals surface area contributed by atoms with Gasteiger partial charge >= 0.3 is 5.97 Å². The fourth-order valence-corrected chi connectivity index (χ4v) is 5.82. The molecule has 1 atom stereocenters. The molecule has 6 nitrogen and oxygen atoms in total. The number of imidazole rings is 1. The molecule has 1 unspecified atom stereocenters. The Hall–Kier alpha value is -2.32. The summed E-state index contributed by atoms with van der Waals surface area (Å²) < 4.78 is 4.98. The SMILES string of the molecule is COC(=O)c1c(NC(=O)CCSc2nc3ccccc3[nH]2)sc2c1CCC(C)C2. The Morgan fingerprint density at radius 3 is 3.00 bits per heavy atom. The highest BCUT2D eigenvalue weighted by Gasteiger charge is 2.28. The number of thioether (sulfide) groups is 1. The Morgan fingerprint density at radius 2 is 2.21 bits per heavy atom. The summed E-state index contributed by atoms with van der Waals surface area (Å²) >= 11 is 3.02. The molecule has 2 aromatic heterocycles. The molecule has 29 heavy (non-hydrogen) atoms. The van der Waals surface area contributed by atoms with E-state index >= 15 is 0 Å². The number of amides is 1. The van der Waals surface area contributed by atoms with Gasteiger partial charge in [-0.1, -0.05) is 30.8 Å². The van der Waals surface area contributed by atoms with Gasteiger partial charge in [-0.2, -0.15) is 0 Å². The summed E-state index contributed by atoms with van der Waals surface area (Å²) in [6, 6.07) is 7.84. The first-order valence-electron chi connectivity index (χ1n) is 9.65. The van der Waals surface area contributed by atoms with Gasteiger partial charge in [0.2, 0.25) is 5.91 Å². The number of carbonyl (C=O) groups is 2. The van der Waals surface area contributed by atoms with Crippen molar-refractivity contribution in [2.75, 3.05) is 18.2 Å². The number of esters is 1. The third kappa shape index (κ3) is 4.33. The number of methoxy groups -OCH3 is 1. The summed E-state index contributed by atoms with van der Waals surface area (Å²) in [5.74, 6) is 0.714. The number of hydrogen-bond donors (Lipinski definition) is 2. The van der Waals surface area contributed by atoms with Crippen molar-refractivity contribution in [2.45, 2.75) is 37.8 Å². The molecule has 0 aliphatic heterocycles. The van der Waals surface area contributed by atoms with Crippen LogP contribution < -0.4 is 5.32 Å². The zero-order valence-electron chi connectivity index (χ0n) is 16.4. The molecule has 1 aliphatic carbocycles. The molecular weight excluding hydrogens is 406 g/mol. The van der Waals surface area contributed by atoms with Gasteiger partial charge in [-0.05, 0) is 42.9 Å². The van der Waals surface area contributed by atoms with Gasteiger partial charge in [0.05, 0.1) is 23.7 Å². The van der Waals surface area contributed by atoms with E-state index in [0.717, 1.165) is 41.0 Å². The monoisotopic (exact) mass is 429 g/mol. The number of nitrogens with one attached hydrogen (secondary N) is 2. The Morgan fingerprint density at radius 1 is 1.38 bits per heavy atom. The number of thiophene rings is 1. The molecule has 152 valence electrons. The Labute approximate surface area is 177 Å². The van der Waals surface area contributed by atoms with Gasteiger partial charge in [0.15, 0.2) is 5.16 Å². The number of anilines is 1.